The Morgan fingerprint density at radius 2 is 2.20 bits per heavy atom. The molecule has 3 nitrogen and oxygen atoms in total. The largest absolute Gasteiger partial charge is 0.478 e. The van der Waals surface area contributed by atoms with Crippen LogP contribution in [0.15, 0.2) is 36.9 Å². The Balaban J connectivity index is 2.59. The monoisotopic (exact) mass is 205 g/mol. The van der Waals surface area contributed by atoms with Gasteiger partial charge in [-0.05, 0) is 24.6 Å². The Kier molecular flexibility index (Phi) is 4.57. The third-order valence-corrected chi connectivity index (χ3v) is 2.09. The fraction of sp³-hybridized carbons (Fsp3) is 0.250. The number of aromatic carboxylic acids is 1. The Morgan fingerprint density at radius 3 is 2.87 bits per heavy atom. The van der Waals surface area contributed by atoms with Crippen molar-refractivity contribution in [3.63, 3.8) is 0 Å². The Hall–Kier alpha value is -1.61. The molecule has 0 aromatic heterocycles. The number of carboxylic acids is 1. The highest BCUT2D eigenvalue weighted by atomic mass is 16.4. The highest BCUT2D eigenvalue weighted by molar-refractivity contribution is 5.89. The second-order valence-electron chi connectivity index (χ2n) is 3.22. The van der Waals surface area contributed by atoms with Crippen LogP contribution in [0.5, 0.6) is 0 Å². The van der Waals surface area contributed by atoms with E-state index in [2.05, 4.69) is 11.9 Å². The predicted molar refractivity (Wildman–Crippen MR) is 59.9 cm³/mol. The van der Waals surface area contributed by atoms with Crippen molar-refractivity contribution in [1.82, 2.24) is 5.32 Å². The van der Waals surface area contributed by atoms with Crippen LogP contribution >= 0.6 is 0 Å². The molecule has 3 heteroatoms. The van der Waals surface area contributed by atoms with Crippen molar-refractivity contribution >= 4 is 5.97 Å². The first-order chi connectivity index (χ1) is 7.25. The molecule has 0 aliphatic carbocycles. The van der Waals surface area contributed by atoms with Gasteiger partial charge in [0.2, 0.25) is 0 Å². The van der Waals surface area contributed by atoms with E-state index < -0.39 is 5.97 Å². The second kappa shape index (κ2) is 5.98. The summed E-state index contributed by atoms with van der Waals surface area (Å²) in [4.78, 5) is 10.9. The minimum atomic E-state index is -0.879. The van der Waals surface area contributed by atoms with Crippen LogP contribution in [0.1, 0.15) is 22.3 Å². The molecule has 15 heavy (non-hydrogen) atoms. The summed E-state index contributed by atoms with van der Waals surface area (Å²) in [5, 5.41) is 12.1. The third kappa shape index (κ3) is 3.56. The van der Waals surface area contributed by atoms with Gasteiger partial charge in [0.05, 0.1) is 5.56 Å². The van der Waals surface area contributed by atoms with Gasteiger partial charge in [0, 0.05) is 6.54 Å². The van der Waals surface area contributed by atoms with E-state index in [4.69, 9.17) is 5.11 Å². The smallest absolute Gasteiger partial charge is 0.336 e. The zero-order valence-corrected chi connectivity index (χ0v) is 8.57. The van der Waals surface area contributed by atoms with Crippen molar-refractivity contribution in [2.24, 2.45) is 0 Å². The van der Waals surface area contributed by atoms with Crippen molar-refractivity contribution < 1.29 is 9.90 Å². The quantitative estimate of drug-likeness (QED) is 0.552. The van der Waals surface area contributed by atoms with E-state index in [0.29, 0.717) is 12.1 Å². The van der Waals surface area contributed by atoms with E-state index in [1.807, 2.05) is 18.2 Å². The number of carboxylic acid groups (broad SMARTS) is 1. The van der Waals surface area contributed by atoms with Gasteiger partial charge in [0.25, 0.3) is 0 Å². The Bertz CT molecular complexity index is 347. The van der Waals surface area contributed by atoms with Gasteiger partial charge in [-0.25, -0.2) is 4.79 Å². The minimum Gasteiger partial charge on any atom is -0.478 e. The molecule has 0 heterocycles. The van der Waals surface area contributed by atoms with Crippen LogP contribution in [0, 0.1) is 0 Å². The van der Waals surface area contributed by atoms with Crippen LogP contribution < -0.4 is 5.32 Å². The number of hydrogen-bond donors (Lipinski definition) is 2. The first kappa shape index (κ1) is 11.5. The van der Waals surface area contributed by atoms with E-state index in [1.165, 1.54) is 0 Å². The molecule has 0 spiro atoms. The molecule has 1 rings (SSSR count). The molecule has 0 unspecified atom stereocenters. The molecule has 0 radical (unpaired) electrons. The number of rotatable bonds is 6. The van der Waals surface area contributed by atoms with Crippen LogP contribution in [0.25, 0.3) is 0 Å². The lowest BCUT2D eigenvalue weighted by Crippen LogP contribution is -2.16. The van der Waals surface area contributed by atoms with E-state index >= 15 is 0 Å². The molecule has 0 amide bonds. The van der Waals surface area contributed by atoms with Crippen LogP contribution in [0.3, 0.4) is 0 Å². The first-order valence-electron chi connectivity index (χ1n) is 4.88. The normalized spacial score (nSPS) is 9.87. The van der Waals surface area contributed by atoms with Gasteiger partial charge in [0.15, 0.2) is 0 Å². The molecule has 1 aromatic carbocycles. The molecule has 2 N–H and O–H groups in total. The Labute approximate surface area is 89.4 Å². The van der Waals surface area contributed by atoms with E-state index in [0.717, 1.165) is 18.5 Å². The summed E-state index contributed by atoms with van der Waals surface area (Å²) >= 11 is 0. The fourth-order valence-corrected chi connectivity index (χ4v) is 1.31. The zero-order chi connectivity index (χ0) is 11.1. The van der Waals surface area contributed by atoms with Gasteiger partial charge >= 0.3 is 5.97 Å². The molecule has 0 bridgehead atoms. The van der Waals surface area contributed by atoms with Crippen molar-refractivity contribution in [3.05, 3.63) is 48.0 Å². The van der Waals surface area contributed by atoms with Gasteiger partial charge < -0.3 is 10.4 Å². The third-order valence-electron chi connectivity index (χ3n) is 2.09. The van der Waals surface area contributed by atoms with Crippen LogP contribution in [0.2, 0.25) is 0 Å². The summed E-state index contributed by atoms with van der Waals surface area (Å²) in [6.45, 7) is 5.01. The van der Waals surface area contributed by atoms with E-state index in [-0.39, 0.29) is 0 Å². The van der Waals surface area contributed by atoms with Crippen molar-refractivity contribution in [2.45, 2.75) is 13.0 Å². The molecular formula is C12H15NO2. The first-order valence-corrected chi connectivity index (χ1v) is 4.88. The Morgan fingerprint density at radius 1 is 1.47 bits per heavy atom. The predicted octanol–water partition coefficient (Wildman–Crippen LogP) is 2.05. The highest BCUT2D eigenvalue weighted by Gasteiger charge is 2.07. The SMILES string of the molecule is C=CCCNCc1ccccc1C(=O)O. The average Bonchev–Trinajstić information content (AvgIpc) is 2.25. The maximum atomic E-state index is 10.9. The van der Waals surface area contributed by atoms with E-state index in [9.17, 15) is 4.79 Å². The maximum absolute atomic E-state index is 10.9. The second-order valence-corrected chi connectivity index (χ2v) is 3.22. The average molecular weight is 205 g/mol. The van der Waals surface area contributed by atoms with Crippen molar-refractivity contribution in [1.29, 1.82) is 0 Å². The number of nitrogens with one attached hydrogen (secondary N) is 1. The molecule has 0 aliphatic rings. The molecular weight excluding hydrogens is 190 g/mol. The molecule has 80 valence electrons. The van der Waals surface area contributed by atoms with Crippen LogP contribution in [-0.2, 0) is 6.54 Å². The molecule has 0 saturated heterocycles. The van der Waals surface area contributed by atoms with Crippen molar-refractivity contribution in [2.75, 3.05) is 6.54 Å². The number of benzene rings is 1. The minimum absolute atomic E-state index is 0.364. The van der Waals surface area contributed by atoms with Gasteiger partial charge in [-0.15, -0.1) is 6.58 Å². The van der Waals surface area contributed by atoms with Crippen molar-refractivity contribution in [3.8, 4) is 0 Å². The molecule has 0 aliphatic heterocycles. The van der Waals surface area contributed by atoms with E-state index in [1.54, 1.807) is 12.1 Å². The topological polar surface area (TPSA) is 49.3 Å². The zero-order valence-electron chi connectivity index (χ0n) is 8.57. The molecule has 0 atom stereocenters. The van der Waals surface area contributed by atoms with Gasteiger partial charge in [-0.3, -0.25) is 0 Å². The molecule has 1 aromatic rings. The maximum Gasteiger partial charge on any atom is 0.336 e. The van der Waals surface area contributed by atoms with Gasteiger partial charge in [-0.1, -0.05) is 24.3 Å². The highest BCUT2D eigenvalue weighted by Crippen LogP contribution is 2.08. The summed E-state index contributed by atoms with van der Waals surface area (Å²) in [6.07, 6.45) is 2.71. The fourth-order valence-electron chi connectivity index (χ4n) is 1.31. The van der Waals surface area contributed by atoms with Crippen LogP contribution in [-0.4, -0.2) is 17.6 Å². The lowest BCUT2D eigenvalue weighted by atomic mass is 10.1. The molecule has 0 fully saturated rings. The number of carbonyl (C=O) groups is 1. The lowest BCUT2D eigenvalue weighted by Gasteiger charge is -2.06. The van der Waals surface area contributed by atoms with Gasteiger partial charge in [-0.2, -0.15) is 0 Å². The summed E-state index contributed by atoms with van der Waals surface area (Å²) in [7, 11) is 0. The summed E-state index contributed by atoms with van der Waals surface area (Å²) in [6, 6.07) is 7.02. The molecule has 0 saturated carbocycles. The summed E-state index contributed by atoms with van der Waals surface area (Å²) in [5.74, 6) is -0.879. The number of hydrogen-bond acceptors (Lipinski definition) is 2. The van der Waals surface area contributed by atoms with Gasteiger partial charge in [0.1, 0.15) is 0 Å². The lowest BCUT2D eigenvalue weighted by molar-refractivity contribution is 0.0695. The van der Waals surface area contributed by atoms with Crippen LogP contribution in [0.4, 0.5) is 0 Å². The summed E-state index contributed by atoms with van der Waals surface area (Å²) in [5.41, 5.74) is 1.18. The summed E-state index contributed by atoms with van der Waals surface area (Å²) < 4.78 is 0. The standard InChI is InChI=1S/C12H15NO2/c1-2-3-8-13-9-10-6-4-5-7-11(10)12(14)15/h2,4-7,13H,1,3,8-9H2,(H,14,15).